The molecule has 0 atom stereocenters. The molecule has 0 heterocycles. The predicted octanol–water partition coefficient (Wildman–Crippen LogP) is 4.57. The third kappa shape index (κ3) is 4.32. The topological polar surface area (TPSA) is 9.23 Å². The van der Waals surface area contributed by atoms with E-state index in [1.807, 2.05) is 12.1 Å². The second-order valence-electron chi connectivity index (χ2n) is 7.66. The van der Waals surface area contributed by atoms with E-state index in [-0.39, 0.29) is 0 Å². The lowest BCUT2D eigenvalue weighted by Crippen LogP contribution is -2.37. The van der Waals surface area contributed by atoms with E-state index in [9.17, 15) is 0 Å². The molecule has 0 unspecified atom stereocenters. The first-order chi connectivity index (χ1) is 9.66. The average molecular weight is 315 g/mol. The van der Waals surface area contributed by atoms with Gasteiger partial charge in [0.2, 0.25) is 0 Å². The molecule has 0 saturated carbocycles. The fourth-order valence-electron chi connectivity index (χ4n) is 2.19. The van der Waals surface area contributed by atoms with Crippen LogP contribution in [0, 0.1) is 0 Å². The normalized spacial score (nSPS) is 12.3. The maximum atomic E-state index is 6.09. The molecule has 0 aliphatic rings. The van der Waals surface area contributed by atoms with E-state index in [1.54, 1.807) is 0 Å². The van der Waals surface area contributed by atoms with Gasteiger partial charge < -0.3 is 4.74 Å². The van der Waals surface area contributed by atoms with Gasteiger partial charge in [0.05, 0.1) is 16.1 Å². The molecule has 2 aromatic carbocycles. The fourth-order valence-corrected chi connectivity index (χ4v) is 4.53. The summed E-state index contributed by atoms with van der Waals surface area (Å²) in [5, 5.41) is 2.86. The quantitative estimate of drug-likeness (QED) is 0.751. The standard InChI is InChI=1S/C18H26OSi2/c1-20(2,3)17-11-7-9-15(13-17)19-16-10-8-12-18(14-16)21(4,5)6/h7-14H,1-6H3. The predicted molar refractivity (Wildman–Crippen MR) is 98.9 cm³/mol. The Morgan fingerprint density at radius 1 is 0.619 bits per heavy atom. The van der Waals surface area contributed by atoms with E-state index in [0.717, 1.165) is 11.5 Å². The lowest BCUT2D eigenvalue weighted by Gasteiger charge is -2.19. The lowest BCUT2D eigenvalue weighted by molar-refractivity contribution is 0.483. The van der Waals surface area contributed by atoms with Crippen LogP contribution in [0.2, 0.25) is 39.3 Å². The molecular weight excluding hydrogens is 288 g/mol. The van der Waals surface area contributed by atoms with Crippen molar-refractivity contribution in [3.05, 3.63) is 48.5 Å². The molecule has 0 aliphatic carbocycles. The van der Waals surface area contributed by atoms with E-state index in [4.69, 9.17) is 4.74 Å². The third-order valence-corrected chi connectivity index (χ3v) is 7.72. The maximum Gasteiger partial charge on any atom is 0.127 e. The summed E-state index contributed by atoms with van der Waals surface area (Å²) in [6.07, 6.45) is 0. The minimum atomic E-state index is -1.30. The van der Waals surface area contributed by atoms with Crippen molar-refractivity contribution in [3.63, 3.8) is 0 Å². The van der Waals surface area contributed by atoms with Crippen molar-refractivity contribution >= 4 is 26.5 Å². The van der Waals surface area contributed by atoms with Gasteiger partial charge in [-0.3, -0.25) is 0 Å². The van der Waals surface area contributed by atoms with Gasteiger partial charge in [-0.1, -0.05) is 73.9 Å². The molecule has 2 aromatic rings. The Morgan fingerprint density at radius 2 is 1.00 bits per heavy atom. The van der Waals surface area contributed by atoms with Crippen molar-refractivity contribution in [3.8, 4) is 11.5 Å². The SMILES string of the molecule is C[Si](C)(C)c1cccc(Oc2cccc([Si](C)(C)C)c2)c1. The summed E-state index contributed by atoms with van der Waals surface area (Å²) in [5.74, 6) is 1.89. The molecular formula is C18H26OSi2. The molecule has 2 rings (SSSR count). The molecule has 0 aromatic heterocycles. The molecule has 0 N–H and O–H groups in total. The highest BCUT2D eigenvalue weighted by Gasteiger charge is 2.18. The van der Waals surface area contributed by atoms with Crippen LogP contribution in [0.4, 0.5) is 0 Å². The zero-order valence-electron chi connectivity index (χ0n) is 14.0. The van der Waals surface area contributed by atoms with Crippen LogP contribution >= 0.6 is 0 Å². The number of ether oxygens (including phenoxy) is 1. The summed E-state index contributed by atoms with van der Waals surface area (Å²) >= 11 is 0. The van der Waals surface area contributed by atoms with E-state index in [0.29, 0.717) is 0 Å². The second kappa shape index (κ2) is 5.81. The van der Waals surface area contributed by atoms with Gasteiger partial charge in [-0.15, -0.1) is 0 Å². The van der Waals surface area contributed by atoms with Gasteiger partial charge >= 0.3 is 0 Å². The molecule has 1 nitrogen and oxygen atoms in total. The van der Waals surface area contributed by atoms with Crippen molar-refractivity contribution in [2.75, 3.05) is 0 Å². The highest BCUT2D eigenvalue weighted by atomic mass is 28.3. The fraction of sp³-hybridized carbons (Fsp3) is 0.333. The van der Waals surface area contributed by atoms with Crippen molar-refractivity contribution in [2.24, 2.45) is 0 Å². The van der Waals surface area contributed by atoms with Gasteiger partial charge in [0.1, 0.15) is 11.5 Å². The molecule has 112 valence electrons. The number of benzene rings is 2. The zero-order chi connectivity index (χ0) is 15.7. The molecule has 0 amide bonds. The van der Waals surface area contributed by atoms with Gasteiger partial charge in [-0.05, 0) is 24.3 Å². The van der Waals surface area contributed by atoms with Crippen LogP contribution in [-0.2, 0) is 0 Å². The number of rotatable bonds is 4. The van der Waals surface area contributed by atoms with Crippen LogP contribution < -0.4 is 15.1 Å². The van der Waals surface area contributed by atoms with Crippen LogP contribution in [-0.4, -0.2) is 16.1 Å². The van der Waals surface area contributed by atoms with E-state index >= 15 is 0 Å². The second-order valence-corrected chi connectivity index (χ2v) is 17.8. The first-order valence-electron chi connectivity index (χ1n) is 7.55. The highest BCUT2D eigenvalue weighted by Crippen LogP contribution is 2.21. The summed E-state index contributed by atoms with van der Waals surface area (Å²) in [5.41, 5.74) is 0. The molecule has 0 bridgehead atoms. The van der Waals surface area contributed by atoms with E-state index < -0.39 is 16.1 Å². The van der Waals surface area contributed by atoms with Gasteiger partial charge in [-0.25, -0.2) is 0 Å². The zero-order valence-corrected chi connectivity index (χ0v) is 16.0. The van der Waals surface area contributed by atoms with Gasteiger partial charge in [0, 0.05) is 0 Å². The summed E-state index contributed by atoms with van der Waals surface area (Å²) in [6, 6.07) is 17.1. The molecule has 0 spiro atoms. The summed E-state index contributed by atoms with van der Waals surface area (Å²) in [7, 11) is -2.59. The Hall–Kier alpha value is -1.33. The van der Waals surface area contributed by atoms with Gasteiger partial charge in [0.15, 0.2) is 0 Å². The molecule has 0 aliphatic heterocycles. The Balaban J connectivity index is 2.27. The molecule has 0 radical (unpaired) electrons. The van der Waals surface area contributed by atoms with E-state index in [2.05, 4.69) is 75.7 Å². The van der Waals surface area contributed by atoms with Crippen molar-refractivity contribution in [1.29, 1.82) is 0 Å². The van der Waals surface area contributed by atoms with Crippen molar-refractivity contribution < 1.29 is 4.74 Å². The number of hydrogen-bond acceptors (Lipinski definition) is 1. The Kier molecular flexibility index (Phi) is 4.44. The minimum Gasteiger partial charge on any atom is -0.457 e. The lowest BCUT2D eigenvalue weighted by atomic mass is 10.3. The third-order valence-electron chi connectivity index (χ3n) is 3.64. The van der Waals surface area contributed by atoms with Crippen LogP contribution in [0.5, 0.6) is 11.5 Å². The van der Waals surface area contributed by atoms with Gasteiger partial charge in [0.25, 0.3) is 0 Å². The molecule has 0 saturated heterocycles. The van der Waals surface area contributed by atoms with Crippen LogP contribution in [0.25, 0.3) is 0 Å². The average Bonchev–Trinajstić information content (AvgIpc) is 2.37. The van der Waals surface area contributed by atoms with Crippen molar-refractivity contribution in [2.45, 2.75) is 39.3 Å². The smallest absolute Gasteiger partial charge is 0.127 e. The summed E-state index contributed by atoms with van der Waals surface area (Å²) in [4.78, 5) is 0. The minimum absolute atomic E-state index is 0.947. The summed E-state index contributed by atoms with van der Waals surface area (Å²) < 4.78 is 6.09. The first-order valence-corrected chi connectivity index (χ1v) is 14.6. The largest absolute Gasteiger partial charge is 0.457 e. The number of hydrogen-bond donors (Lipinski definition) is 0. The Labute approximate surface area is 131 Å². The maximum absolute atomic E-state index is 6.09. The van der Waals surface area contributed by atoms with Crippen LogP contribution in [0.15, 0.2) is 48.5 Å². The Morgan fingerprint density at radius 3 is 1.33 bits per heavy atom. The van der Waals surface area contributed by atoms with E-state index in [1.165, 1.54) is 10.4 Å². The highest BCUT2D eigenvalue weighted by molar-refractivity contribution is 6.89. The summed E-state index contributed by atoms with van der Waals surface area (Å²) in [6.45, 7) is 14.2. The van der Waals surface area contributed by atoms with Crippen LogP contribution in [0.3, 0.4) is 0 Å². The van der Waals surface area contributed by atoms with Crippen molar-refractivity contribution in [1.82, 2.24) is 0 Å². The molecule has 3 heteroatoms. The van der Waals surface area contributed by atoms with Crippen LogP contribution in [0.1, 0.15) is 0 Å². The molecule has 0 fully saturated rings. The first kappa shape index (κ1) is 16.1. The van der Waals surface area contributed by atoms with Gasteiger partial charge in [-0.2, -0.15) is 0 Å². The molecule has 21 heavy (non-hydrogen) atoms. The monoisotopic (exact) mass is 314 g/mol. The Bertz CT molecular complexity index is 566.